The molecule has 1 aliphatic rings. The van der Waals surface area contributed by atoms with E-state index in [0.717, 1.165) is 42.7 Å². The van der Waals surface area contributed by atoms with Crippen LogP contribution in [0, 0.1) is 0 Å². The van der Waals surface area contributed by atoms with Crippen molar-refractivity contribution in [3.05, 3.63) is 54.6 Å². The number of amides is 2. The Morgan fingerprint density at radius 1 is 1.03 bits per heavy atom. The fourth-order valence-electron chi connectivity index (χ4n) is 3.60. The van der Waals surface area contributed by atoms with Crippen LogP contribution in [0.4, 0.5) is 10.5 Å². The first-order chi connectivity index (χ1) is 14.5. The molecule has 0 saturated carbocycles. The number of carbonyl (C=O) groups excluding carboxylic acids is 1. The minimum Gasteiger partial charge on any atom is -0.310 e. The molecule has 2 aromatic rings. The van der Waals surface area contributed by atoms with E-state index in [1.807, 2.05) is 42.5 Å². The Balaban J connectivity index is 1.46. The summed E-state index contributed by atoms with van der Waals surface area (Å²) in [5.41, 5.74) is 3.03. The van der Waals surface area contributed by atoms with Gasteiger partial charge in [-0.2, -0.15) is 0 Å². The molecule has 1 saturated heterocycles. The molecule has 7 nitrogen and oxygen atoms in total. The lowest BCUT2D eigenvalue weighted by atomic mass is 10.1. The molecule has 3 atom stereocenters. The number of nitrogens with one attached hydrogen (secondary N) is 5. The largest absolute Gasteiger partial charge is 0.321 e. The summed E-state index contributed by atoms with van der Waals surface area (Å²) in [6.07, 6.45) is 1.93. The van der Waals surface area contributed by atoms with Crippen LogP contribution < -0.4 is 26.6 Å². The third kappa shape index (κ3) is 7.11. The molecule has 2 amide bonds. The zero-order chi connectivity index (χ0) is 21.3. The summed E-state index contributed by atoms with van der Waals surface area (Å²) in [6.45, 7) is 4.13. The highest BCUT2D eigenvalue weighted by atomic mass is 16.2. The Labute approximate surface area is 179 Å². The maximum absolute atomic E-state index is 12.5. The van der Waals surface area contributed by atoms with Crippen molar-refractivity contribution in [3.63, 3.8) is 0 Å². The molecule has 30 heavy (non-hydrogen) atoms. The molecule has 0 bridgehead atoms. The van der Waals surface area contributed by atoms with Gasteiger partial charge in [-0.25, -0.2) is 4.79 Å². The molecule has 0 radical (unpaired) electrons. The molecule has 0 aliphatic carbocycles. The molecule has 1 heterocycles. The van der Waals surface area contributed by atoms with Gasteiger partial charge in [-0.15, -0.1) is 0 Å². The molecule has 162 valence electrons. The molecule has 1 fully saturated rings. The minimum absolute atomic E-state index is 0.166. The normalized spacial score (nSPS) is 21.4. The van der Waals surface area contributed by atoms with E-state index < -0.39 is 0 Å². The van der Waals surface area contributed by atoms with Crippen molar-refractivity contribution in [1.29, 1.82) is 0 Å². The average Bonchev–Trinajstić information content (AvgIpc) is 2.72. The van der Waals surface area contributed by atoms with Gasteiger partial charge in [-0.05, 0) is 70.2 Å². The van der Waals surface area contributed by atoms with E-state index in [-0.39, 0.29) is 18.5 Å². The molecule has 5 N–H and O–H groups in total. The van der Waals surface area contributed by atoms with E-state index >= 15 is 0 Å². The van der Waals surface area contributed by atoms with E-state index in [1.54, 1.807) is 0 Å². The maximum Gasteiger partial charge on any atom is 0.321 e. The first-order valence-electron chi connectivity index (χ1n) is 10.6. The summed E-state index contributed by atoms with van der Waals surface area (Å²) >= 11 is 0. The molecule has 1 aliphatic heterocycles. The second kappa shape index (κ2) is 11.1. The van der Waals surface area contributed by atoms with Crippen molar-refractivity contribution in [1.82, 2.24) is 26.2 Å². The van der Waals surface area contributed by atoms with Gasteiger partial charge in [-0.3, -0.25) is 10.6 Å². The van der Waals surface area contributed by atoms with E-state index in [1.165, 1.54) is 0 Å². The van der Waals surface area contributed by atoms with Gasteiger partial charge >= 0.3 is 6.03 Å². The van der Waals surface area contributed by atoms with Crippen LogP contribution in [0.2, 0.25) is 0 Å². The fourth-order valence-corrected chi connectivity index (χ4v) is 3.60. The number of hydrogen-bond acceptors (Lipinski definition) is 5. The van der Waals surface area contributed by atoms with Crippen LogP contribution in [0.15, 0.2) is 54.6 Å². The Morgan fingerprint density at radius 2 is 1.73 bits per heavy atom. The highest BCUT2D eigenvalue weighted by Crippen LogP contribution is 2.20. The Kier molecular flexibility index (Phi) is 8.21. The van der Waals surface area contributed by atoms with Crippen molar-refractivity contribution in [3.8, 4) is 11.1 Å². The quantitative estimate of drug-likeness (QED) is 0.432. The number of rotatable bonds is 8. The number of anilines is 1. The second-order valence-electron chi connectivity index (χ2n) is 8.11. The third-order valence-electron chi connectivity index (χ3n) is 5.11. The zero-order valence-corrected chi connectivity index (χ0v) is 18.1. The van der Waals surface area contributed by atoms with Crippen molar-refractivity contribution >= 4 is 11.7 Å². The summed E-state index contributed by atoms with van der Waals surface area (Å²) in [5.74, 6) is 0. The average molecular weight is 411 g/mol. The van der Waals surface area contributed by atoms with Crippen molar-refractivity contribution < 1.29 is 4.79 Å². The molecule has 3 rings (SSSR count). The van der Waals surface area contributed by atoms with Crippen LogP contribution in [0.3, 0.4) is 0 Å². The SMILES string of the molecule is CC1CC(NCCCN(C)C)NC(NC(=O)Nc2ccc(-c3ccccc3)cc2)N1. The fraction of sp³-hybridized carbons (Fsp3) is 0.435. The van der Waals surface area contributed by atoms with Gasteiger partial charge in [0.15, 0.2) is 0 Å². The van der Waals surface area contributed by atoms with Crippen LogP contribution in [0.25, 0.3) is 11.1 Å². The van der Waals surface area contributed by atoms with Gasteiger partial charge in [0.2, 0.25) is 0 Å². The highest BCUT2D eigenvalue weighted by molar-refractivity contribution is 5.89. The summed E-state index contributed by atoms with van der Waals surface area (Å²) in [5, 5.41) is 16.2. The molecule has 0 spiro atoms. The van der Waals surface area contributed by atoms with Gasteiger partial charge in [-0.1, -0.05) is 42.5 Å². The number of urea groups is 1. The van der Waals surface area contributed by atoms with Crippen LogP contribution in [0.5, 0.6) is 0 Å². The van der Waals surface area contributed by atoms with Crippen molar-refractivity contribution in [2.24, 2.45) is 0 Å². The number of benzene rings is 2. The molecular weight excluding hydrogens is 376 g/mol. The van der Waals surface area contributed by atoms with Gasteiger partial charge < -0.3 is 20.9 Å². The topological polar surface area (TPSA) is 80.5 Å². The predicted octanol–water partition coefficient (Wildman–Crippen LogP) is 2.60. The minimum atomic E-state index is -0.288. The van der Waals surface area contributed by atoms with Gasteiger partial charge in [0.1, 0.15) is 6.29 Å². The summed E-state index contributed by atoms with van der Waals surface area (Å²) in [6, 6.07) is 18.1. The summed E-state index contributed by atoms with van der Waals surface area (Å²) in [4.78, 5) is 14.6. The highest BCUT2D eigenvalue weighted by Gasteiger charge is 2.25. The molecule has 3 unspecified atom stereocenters. The molecule has 0 aromatic heterocycles. The molecule has 7 heteroatoms. The Morgan fingerprint density at radius 3 is 2.43 bits per heavy atom. The van der Waals surface area contributed by atoms with E-state index in [2.05, 4.69) is 64.6 Å². The lowest BCUT2D eigenvalue weighted by Gasteiger charge is -2.37. The zero-order valence-electron chi connectivity index (χ0n) is 18.1. The van der Waals surface area contributed by atoms with E-state index in [4.69, 9.17) is 0 Å². The van der Waals surface area contributed by atoms with Crippen LogP contribution in [-0.2, 0) is 0 Å². The Bertz CT molecular complexity index is 780. The van der Waals surface area contributed by atoms with E-state index in [9.17, 15) is 4.79 Å². The maximum atomic E-state index is 12.5. The smallest absolute Gasteiger partial charge is 0.310 e. The molecule has 2 aromatic carbocycles. The first kappa shape index (κ1) is 22.2. The summed E-state index contributed by atoms with van der Waals surface area (Å²) in [7, 11) is 4.16. The standard InChI is InChI=1S/C23H34N6O/c1-17-16-21(24-14-7-15-29(2)3)27-22(25-17)28-23(30)26-20-12-10-19(11-13-20)18-8-5-4-6-9-18/h4-6,8-13,17,21-22,24-25,27H,7,14-16H2,1-3H3,(H2,26,28,30). The predicted molar refractivity (Wildman–Crippen MR) is 123 cm³/mol. The van der Waals surface area contributed by atoms with Crippen LogP contribution in [-0.4, -0.2) is 56.6 Å². The Hall–Kier alpha value is -2.45. The molecular formula is C23H34N6O. The second-order valence-corrected chi connectivity index (χ2v) is 8.11. The van der Waals surface area contributed by atoms with Gasteiger partial charge in [0.05, 0.1) is 6.17 Å². The number of nitrogens with zero attached hydrogens (tertiary/aromatic N) is 1. The van der Waals surface area contributed by atoms with Crippen LogP contribution in [0.1, 0.15) is 19.8 Å². The lowest BCUT2D eigenvalue weighted by molar-refractivity contribution is 0.192. The third-order valence-corrected chi connectivity index (χ3v) is 5.11. The van der Waals surface area contributed by atoms with Crippen LogP contribution >= 0.6 is 0 Å². The van der Waals surface area contributed by atoms with Gasteiger partial charge in [0, 0.05) is 11.7 Å². The van der Waals surface area contributed by atoms with Gasteiger partial charge in [0.25, 0.3) is 0 Å². The van der Waals surface area contributed by atoms with Crippen molar-refractivity contribution in [2.75, 3.05) is 32.5 Å². The summed E-state index contributed by atoms with van der Waals surface area (Å²) < 4.78 is 0. The number of carbonyl (C=O) groups is 1. The first-order valence-corrected chi connectivity index (χ1v) is 10.6. The lowest BCUT2D eigenvalue weighted by Crippen LogP contribution is -2.67. The number of hydrogen-bond donors (Lipinski definition) is 5. The van der Waals surface area contributed by atoms with E-state index in [0.29, 0.717) is 6.04 Å². The van der Waals surface area contributed by atoms with Crippen molar-refractivity contribution in [2.45, 2.75) is 38.3 Å². The monoisotopic (exact) mass is 410 g/mol.